The van der Waals surface area contributed by atoms with Crippen molar-refractivity contribution < 1.29 is 9.47 Å². The molecule has 0 aromatic heterocycles. The molecule has 2 aromatic rings. The van der Waals surface area contributed by atoms with Crippen LogP contribution in [-0.4, -0.2) is 25.7 Å². The summed E-state index contributed by atoms with van der Waals surface area (Å²) in [5, 5.41) is 0. The number of anilines is 1. The lowest BCUT2D eigenvalue weighted by Crippen LogP contribution is -2.39. The number of hydrogen-bond donors (Lipinski definition) is 1. The van der Waals surface area contributed by atoms with Crippen LogP contribution in [0.5, 0.6) is 11.5 Å². The van der Waals surface area contributed by atoms with E-state index in [9.17, 15) is 0 Å². The second-order valence-electron chi connectivity index (χ2n) is 6.37. The van der Waals surface area contributed by atoms with E-state index in [-0.39, 0.29) is 0 Å². The average molecular weight is 310 g/mol. The maximum absolute atomic E-state index is 5.95. The van der Waals surface area contributed by atoms with E-state index in [1.807, 2.05) is 6.07 Å². The Balaban J connectivity index is 1.76. The minimum atomic E-state index is 0.412. The highest BCUT2D eigenvalue weighted by molar-refractivity contribution is 5.51. The van der Waals surface area contributed by atoms with Gasteiger partial charge in [0, 0.05) is 24.8 Å². The van der Waals surface area contributed by atoms with Gasteiger partial charge in [0.1, 0.15) is 0 Å². The largest absolute Gasteiger partial charge is 0.493 e. The summed E-state index contributed by atoms with van der Waals surface area (Å²) in [5.74, 6) is 1.64. The molecule has 0 bridgehead atoms. The van der Waals surface area contributed by atoms with Crippen molar-refractivity contribution in [2.45, 2.75) is 25.4 Å². The Hall–Kier alpha value is -2.20. The maximum Gasteiger partial charge on any atom is 0.161 e. The number of ether oxygens (including phenoxy) is 2. The number of nitrogens with zero attached hydrogens (tertiary/aromatic N) is 1. The van der Waals surface area contributed by atoms with Gasteiger partial charge in [-0.3, -0.25) is 4.90 Å². The van der Waals surface area contributed by atoms with E-state index in [1.54, 1.807) is 14.2 Å². The smallest absolute Gasteiger partial charge is 0.161 e. The molecule has 0 aliphatic carbocycles. The molecule has 0 radical (unpaired) electrons. The van der Waals surface area contributed by atoms with Gasteiger partial charge in [-0.25, -0.2) is 0 Å². The van der Waals surface area contributed by atoms with Crippen LogP contribution in [0.3, 0.4) is 0 Å². The standard InChI is InChI=1S/C19H22N2O2/c1-22-18-9-13-5-6-21-11-14-7-15(20)4-3-12(14)8-17(21)16(13)10-19(18)23-2/h3-4,7,9-10,17H,5-6,8,11,20H2,1-2H3. The number of methoxy groups -OCH3 is 2. The minimum absolute atomic E-state index is 0.412. The van der Waals surface area contributed by atoms with Crippen LogP contribution in [0.4, 0.5) is 5.69 Å². The molecule has 2 aliphatic rings. The van der Waals surface area contributed by atoms with E-state index in [0.717, 1.165) is 43.1 Å². The van der Waals surface area contributed by atoms with Crippen molar-refractivity contribution in [1.29, 1.82) is 0 Å². The van der Waals surface area contributed by atoms with Crippen molar-refractivity contribution in [3.63, 3.8) is 0 Å². The molecular weight excluding hydrogens is 288 g/mol. The molecule has 0 saturated carbocycles. The highest BCUT2D eigenvalue weighted by Crippen LogP contribution is 2.42. The lowest BCUT2D eigenvalue weighted by molar-refractivity contribution is 0.160. The lowest BCUT2D eigenvalue weighted by Gasteiger charge is -2.41. The van der Waals surface area contributed by atoms with Crippen molar-refractivity contribution in [3.8, 4) is 11.5 Å². The molecule has 2 aromatic carbocycles. The number of nitrogens with two attached hydrogens (primary N) is 1. The monoisotopic (exact) mass is 310 g/mol. The van der Waals surface area contributed by atoms with Crippen LogP contribution >= 0.6 is 0 Å². The van der Waals surface area contributed by atoms with Gasteiger partial charge in [0.2, 0.25) is 0 Å². The Morgan fingerprint density at radius 1 is 1.00 bits per heavy atom. The topological polar surface area (TPSA) is 47.7 Å². The fourth-order valence-corrected chi connectivity index (χ4v) is 3.93. The van der Waals surface area contributed by atoms with Gasteiger partial charge in [0.25, 0.3) is 0 Å². The van der Waals surface area contributed by atoms with Crippen LogP contribution in [0.25, 0.3) is 0 Å². The summed E-state index contributed by atoms with van der Waals surface area (Å²) in [5.41, 5.74) is 12.3. The lowest BCUT2D eigenvalue weighted by atomic mass is 9.84. The van der Waals surface area contributed by atoms with E-state index < -0.39 is 0 Å². The number of fused-ring (bicyclic) bond motifs is 4. The van der Waals surface area contributed by atoms with Gasteiger partial charge < -0.3 is 15.2 Å². The summed E-state index contributed by atoms with van der Waals surface area (Å²) in [4.78, 5) is 2.55. The van der Waals surface area contributed by atoms with Crippen molar-refractivity contribution in [3.05, 3.63) is 52.6 Å². The van der Waals surface area contributed by atoms with Crippen molar-refractivity contribution >= 4 is 5.69 Å². The Labute approximate surface area is 136 Å². The summed E-state index contributed by atoms with van der Waals surface area (Å²) in [7, 11) is 3.39. The Bertz CT molecular complexity index is 757. The highest BCUT2D eigenvalue weighted by Gasteiger charge is 2.33. The molecule has 120 valence electrons. The SMILES string of the molecule is COc1cc2c(cc1OC)C1Cc3ccc(N)cc3CN1CC2. The van der Waals surface area contributed by atoms with Crippen molar-refractivity contribution in [2.75, 3.05) is 26.5 Å². The quantitative estimate of drug-likeness (QED) is 0.867. The number of rotatable bonds is 2. The third-order valence-corrected chi connectivity index (χ3v) is 5.13. The number of hydrogen-bond acceptors (Lipinski definition) is 4. The molecule has 1 unspecified atom stereocenters. The first-order chi connectivity index (χ1) is 11.2. The second kappa shape index (κ2) is 5.46. The summed E-state index contributed by atoms with van der Waals surface area (Å²) in [6, 6.07) is 11.0. The summed E-state index contributed by atoms with van der Waals surface area (Å²) in [6.45, 7) is 2.04. The number of nitrogen functional groups attached to an aromatic ring is 1. The Morgan fingerprint density at radius 3 is 2.57 bits per heavy atom. The summed E-state index contributed by atoms with van der Waals surface area (Å²) < 4.78 is 11.0. The second-order valence-corrected chi connectivity index (χ2v) is 6.37. The molecule has 2 heterocycles. The molecule has 0 amide bonds. The van der Waals surface area contributed by atoms with Gasteiger partial charge in [0.15, 0.2) is 11.5 Å². The first-order valence-corrected chi connectivity index (χ1v) is 8.05. The van der Waals surface area contributed by atoms with Crippen LogP contribution in [0, 0.1) is 0 Å². The van der Waals surface area contributed by atoms with Gasteiger partial charge in [-0.05, 0) is 59.4 Å². The summed E-state index contributed by atoms with van der Waals surface area (Å²) in [6.07, 6.45) is 2.07. The zero-order valence-electron chi connectivity index (χ0n) is 13.6. The minimum Gasteiger partial charge on any atom is -0.493 e. The molecule has 1 atom stereocenters. The fourth-order valence-electron chi connectivity index (χ4n) is 3.93. The molecule has 0 saturated heterocycles. The number of benzene rings is 2. The van der Waals surface area contributed by atoms with Crippen molar-refractivity contribution in [1.82, 2.24) is 4.90 Å². The Morgan fingerprint density at radius 2 is 1.78 bits per heavy atom. The van der Waals surface area contributed by atoms with Crippen LogP contribution in [0.2, 0.25) is 0 Å². The molecule has 2 aliphatic heterocycles. The van der Waals surface area contributed by atoms with Gasteiger partial charge in [-0.15, -0.1) is 0 Å². The molecule has 0 spiro atoms. The third-order valence-electron chi connectivity index (χ3n) is 5.13. The van der Waals surface area contributed by atoms with Crippen LogP contribution in [0.15, 0.2) is 30.3 Å². The predicted molar refractivity (Wildman–Crippen MR) is 91.0 cm³/mol. The van der Waals surface area contributed by atoms with Crippen molar-refractivity contribution in [2.24, 2.45) is 0 Å². The van der Waals surface area contributed by atoms with Crippen LogP contribution in [-0.2, 0) is 19.4 Å². The van der Waals surface area contributed by atoms with E-state index >= 15 is 0 Å². The highest BCUT2D eigenvalue weighted by atomic mass is 16.5. The van der Waals surface area contributed by atoms with Gasteiger partial charge in [-0.1, -0.05) is 6.07 Å². The van der Waals surface area contributed by atoms with Gasteiger partial charge in [0.05, 0.1) is 14.2 Å². The van der Waals surface area contributed by atoms with Gasteiger partial charge >= 0.3 is 0 Å². The first kappa shape index (κ1) is 14.4. The van der Waals surface area contributed by atoms with E-state index in [4.69, 9.17) is 15.2 Å². The molecule has 4 heteroatoms. The molecule has 4 rings (SSSR count). The Kier molecular flexibility index (Phi) is 3.42. The van der Waals surface area contributed by atoms with E-state index in [1.165, 1.54) is 22.3 Å². The third kappa shape index (κ3) is 2.34. The van der Waals surface area contributed by atoms with E-state index in [2.05, 4.69) is 29.2 Å². The zero-order valence-corrected chi connectivity index (χ0v) is 13.6. The molecular formula is C19H22N2O2. The van der Waals surface area contributed by atoms with Crippen LogP contribution in [0.1, 0.15) is 28.3 Å². The molecule has 2 N–H and O–H groups in total. The molecule has 0 fully saturated rings. The van der Waals surface area contributed by atoms with E-state index in [0.29, 0.717) is 6.04 Å². The normalized spacial score (nSPS) is 19.5. The average Bonchev–Trinajstić information content (AvgIpc) is 2.58. The summed E-state index contributed by atoms with van der Waals surface area (Å²) >= 11 is 0. The predicted octanol–water partition coefficient (Wildman–Crippen LogP) is 2.94. The zero-order chi connectivity index (χ0) is 16.0. The van der Waals surface area contributed by atoms with Crippen LogP contribution < -0.4 is 15.2 Å². The molecule has 23 heavy (non-hydrogen) atoms. The molecule has 4 nitrogen and oxygen atoms in total. The maximum atomic E-state index is 5.95. The van der Waals surface area contributed by atoms with Gasteiger partial charge in [-0.2, -0.15) is 0 Å². The fraction of sp³-hybridized carbons (Fsp3) is 0.368. The first-order valence-electron chi connectivity index (χ1n) is 8.05.